The van der Waals surface area contributed by atoms with Crippen molar-refractivity contribution >= 4 is 11.6 Å². The van der Waals surface area contributed by atoms with E-state index in [0.717, 1.165) is 35.8 Å². The average Bonchev–Trinajstić information content (AvgIpc) is 3.13. The number of nitrogens with zero attached hydrogens (tertiary/aromatic N) is 2. The Bertz CT molecular complexity index is 667. The molecule has 0 spiro atoms. The molecule has 1 amide bonds. The molecule has 0 aliphatic carbocycles. The van der Waals surface area contributed by atoms with Gasteiger partial charge >= 0.3 is 0 Å². The molecular formula is C19H27N3O2. The SMILES string of the molecule is CC.Cc1onc([C@H]2CN(C)C[C@@H]2C(=O)Nc2ccccc2)c1C. The Morgan fingerprint density at radius 2 is 1.88 bits per heavy atom. The minimum atomic E-state index is -0.117. The third-order valence-electron chi connectivity index (χ3n) is 4.42. The zero-order valence-corrected chi connectivity index (χ0v) is 15.2. The molecule has 130 valence electrons. The Kier molecular flexibility index (Phi) is 6.15. The molecule has 0 unspecified atom stereocenters. The lowest BCUT2D eigenvalue weighted by molar-refractivity contribution is -0.119. The Morgan fingerprint density at radius 1 is 1.21 bits per heavy atom. The number of aromatic nitrogens is 1. The van der Waals surface area contributed by atoms with E-state index in [2.05, 4.69) is 15.4 Å². The fourth-order valence-electron chi connectivity index (χ4n) is 3.08. The van der Waals surface area contributed by atoms with Gasteiger partial charge in [-0.25, -0.2) is 0 Å². The molecule has 1 aromatic heterocycles. The quantitative estimate of drug-likeness (QED) is 0.935. The number of benzene rings is 1. The monoisotopic (exact) mass is 329 g/mol. The van der Waals surface area contributed by atoms with Crippen LogP contribution in [0.4, 0.5) is 5.69 Å². The zero-order valence-electron chi connectivity index (χ0n) is 15.2. The molecule has 2 heterocycles. The Morgan fingerprint density at radius 3 is 2.46 bits per heavy atom. The van der Waals surface area contributed by atoms with Gasteiger partial charge < -0.3 is 14.7 Å². The van der Waals surface area contributed by atoms with Crippen LogP contribution in [0, 0.1) is 19.8 Å². The number of para-hydroxylation sites is 1. The summed E-state index contributed by atoms with van der Waals surface area (Å²) in [6, 6.07) is 9.56. The van der Waals surface area contributed by atoms with E-state index in [4.69, 9.17) is 4.52 Å². The highest BCUT2D eigenvalue weighted by molar-refractivity contribution is 5.93. The van der Waals surface area contributed by atoms with Crippen molar-refractivity contribution in [3.8, 4) is 0 Å². The number of likely N-dealkylation sites (N-methyl/N-ethyl adjacent to an activating group) is 1. The summed E-state index contributed by atoms with van der Waals surface area (Å²) in [6.45, 7) is 9.46. The average molecular weight is 329 g/mol. The molecule has 1 aromatic carbocycles. The largest absolute Gasteiger partial charge is 0.361 e. The van der Waals surface area contributed by atoms with Gasteiger partial charge in [-0.1, -0.05) is 37.2 Å². The fourth-order valence-corrected chi connectivity index (χ4v) is 3.08. The van der Waals surface area contributed by atoms with E-state index in [1.165, 1.54) is 0 Å². The smallest absolute Gasteiger partial charge is 0.229 e. The lowest BCUT2D eigenvalue weighted by Gasteiger charge is -2.16. The normalized spacial score (nSPS) is 20.4. The summed E-state index contributed by atoms with van der Waals surface area (Å²) in [5.74, 6) is 0.826. The van der Waals surface area contributed by atoms with Gasteiger partial charge in [0.25, 0.3) is 0 Å². The molecule has 2 aromatic rings. The van der Waals surface area contributed by atoms with Crippen molar-refractivity contribution in [2.45, 2.75) is 33.6 Å². The van der Waals surface area contributed by atoms with Gasteiger partial charge in [0.15, 0.2) is 0 Å². The summed E-state index contributed by atoms with van der Waals surface area (Å²) in [6.07, 6.45) is 0. The molecular weight excluding hydrogens is 302 g/mol. The van der Waals surface area contributed by atoms with Gasteiger partial charge in [-0.2, -0.15) is 0 Å². The summed E-state index contributed by atoms with van der Waals surface area (Å²) >= 11 is 0. The number of amides is 1. The van der Waals surface area contributed by atoms with Crippen molar-refractivity contribution in [2.75, 3.05) is 25.5 Å². The van der Waals surface area contributed by atoms with Crippen LogP contribution in [-0.2, 0) is 4.79 Å². The Balaban J connectivity index is 0.00000100. The first-order valence-electron chi connectivity index (χ1n) is 8.53. The van der Waals surface area contributed by atoms with Crippen LogP contribution in [0.5, 0.6) is 0 Å². The van der Waals surface area contributed by atoms with E-state index >= 15 is 0 Å². The predicted octanol–water partition coefficient (Wildman–Crippen LogP) is 3.60. The van der Waals surface area contributed by atoms with E-state index in [1.807, 2.05) is 65.1 Å². The lowest BCUT2D eigenvalue weighted by Crippen LogP contribution is -2.28. The molecule has 0 radical (unpaired) electrons. The summed E-state index contributed by atoms with van der Waals surface area (Å²) in [5, 5.41) is 7.20. The standard InChI is InChI=1S/C17H21N3O2.C2H6/c1-11-12(2)22-19-16(11)14-9-20(3)10-15(14)17(21)18-13-7-5-4-6-8-13;1-2/h4-8,14-15H,9-10H2,1-3H3,(H,18,21);1-2H3/t14-,15-;/m0./s1. The van der Waals surface area contributed by atoms with Gasteiger partial charge in [0.05, 0.1) is 11.6 Å². The molecule has 5 heteroatoms. The van der Waals surface area contributed by atoms with Crippen LogP contribution < -0.4 is 5.32 Å². The van der Waals surface area contributed by atoms with E-state index in [-0.39, 0.29) is 17.7 Å². The number of likely N-dealkylation sites (tertiary alicyclic amines) is 1. The van der Waals surface area contributed by atoms with Gasteiger partial charge in [-0.3, -0.25) is 4.79 Å². The van der Waals surface area contributed by atoms with E-state index in [1.54, 1.807) is 0 Å². The third kappa shape index (κ3) is 3.85. The number of nitrogens with one attached hydrogen (secondary N) is 1. The number of aryl methyl sites for hydroxylation is 1. The Labute approximate surface area is 144 Å². The second kappa shape index (κ2) is 8.11. The summed E-state index contributed by atoms with van der Waals surface area (Å²) in [5.41, 5.74) is 2.79. The number of hydrogen-bond acceptors (Lipinski definition) is 4. The predicted molar refractivity (Wildman–Crippen MR) is 96.1 cm³/mol. The van der Waals surface area contributed by atoms with Crippen molar-refractivity contribution in [2.24, 2.45) is 5.92 Å². The van der Waals surface area contributed by atoms with Crippen LogP contribution in [0.1, 0.15) is 36.8 Å². The lowest BCUT2D eigenvalue weighted by atomic mass is 9.90. The van der Waals surface area contributed by atoms with Gasteiger partial charge in [0.1, 0.15) is 5.76 Å². The second-order valence-corrected chi connectivity index (χ2v) is 6.04. The topological polar surface area (TPSA) is 58.4 Å². The molecule has 0 bridgehead atoms. The fraction of sp³-hybridized carbons (Fsp3) is 0.474. The van der Waals surface area contributed by atoms with Crippen molar-refractivity contribution in [1.82, 2.24) is 10.1 Å². The first-order chi connectivity index (χ1) is 11.6. The van der Waals surface area contributed by atoms with Gasteiger partial charge in [-0.15, -0.1) is 0 Å². The van der Waals surface area contributed by atoms with Crippen LogP contribution in [0.3, 0.4) is 0 Å². The third-order valence-corrected chi connectivity index (χ3v) is 4.42. The van der Waals surface area contributed by atoms with Gasteiger partial charge in [-0.05, 0) is 33.0 Å². The minimum absolute atomic E-state index is 0.0422. The number of hydrogen-bond donors (Lipinski definition) is 1. The van der Waals surface area contributed by atoms with Gasteiger partial charge in [0.2, 0.25) is 5.91 Å². The molecule has 1 N–H and O–H groups in total. The molecule has 5 nitrogen and oxygen atoms in total. The number of carbonyl (C=O) groups excluding carboxylic acids is 1. The highest BCUT2D eigenvalue weighted by atomic mass is 16.5. The van der Waals surface area contributed by atoms with Crippen molar-refractivity contribution < 1.29 is 9.32 Å². The number of rotatable bonds is 3. The van der Waals surface area contributed by atoms with Crippen LogP contribution in [0.15, 0.2) is 34.9 Å². The van der Waals surface area contributed by atoms with Crippen LogP contribution in [0.25, 0.3) is 0 Å². The minimum Gasteiger partial charge on any atom is -0.361 e. The molecule has 1 saturated heterocycles. The maximum Gasteiger partial charge on any atom is 0.229 e. The number of anilines is 1. The molecule has 1 fully saturated rings. The summed E-state index contributed by atoms with van der Waals surface area (Å²) in [7, 11) is 2.03. The van der Waals surface area contributed by atoms with Crippen molar-refractivity contribution in [3.05, 3.63) is 47.3 Å². The maximum atomic E-state index is 12.7. The first kappa shape index (κ1) is 18.2. The van der Waals surface area contributed by atoms with Gasteiger partial charge in [0, 0.05) is 30.3 Å². The first-order valence-corrected chi connectivity index (χ1v) is 8.53. The molecule has 0 saturated carbocycles. The van der Waals surface area contributed by atoms with E-state index in [0.29, 0.717) is 0 Å². The number of carbonyl (C=O) groups is 1. The van der Waals surface area contributed by atoms with Crippen LogP contribution in [0.2, 0.25) is 0 Å². The summed E-state index contributed by atoms with van der Waals surface area (Å²) in [4.78, 5) is 14.8. The van der Waals surface area contributed by atoms with Crippen molar-refractivity contribution in [3.63, 3.8) is 0 Å². The molecule has 24 heavy (non-hydrogen) atoms. The molecule has 1 aliphatic rings. The van der Waals surface area contributed by atoms with Crippen molar-refractivity contribution in [1.29, 1.82) is 0 Å². The van der Waals surface area contributed by atoms with Crippen LogP contribution >= 0.6 is 0 Å². The second-order valence-electron chi connectivity index (χ2n) is 6.04. The molecule has 3 rings (SSSR count). The highest BCUT2D eigenvalue weighted by Crippen LogP contribution is 2.34. The van der Waals surface area contributed by atoms with Crippen LogP contribution in [-0.4, -0.2) is 36.1 Å². The summed E-state index contributed by atoms with van der Waals surface area (Å²) < 4.78 is 5.29. The Hall–Kier alpha value is -2.14. The van der Waals surface area contributed by atoms with E-state index < -0.39 is 0 Å². The molecule has 2 atom stereocenters. The zero-order chi connectivity index (χ0) is 17.7. The van der Waals surface area contributed by atoms with E-state index in [9.17, 15) is 4.79 Å². The maximum absolute atomic E-state index is 12.7. The highest BCUT2D eigenvalue weighted by Gasteiger charge is 2.39. The molecule has 1 aliphatic heterocycles.